The van der Waals surface area contributed by atoms with Gasteiger partial charge in [-0.25, -0.2) is 0 Å². The Kier molecular flexibility index (Phi) is 5.46. The second-order valence-electron chi connectivity index (χ2n) is 5.98. The third kappa shape index (κ3) is 4.46. The molecule has 1 N–H and O–H groups in total. The van der Waals surface area contributed by atoms with Gasteiger partial charge < -0.3 is 15.0 Å². The van der Waals surface area contributed by atoms with Gasteiger partial charge in [0.1, 0.15) is 0 Å². The highest BCUT2D eigenvalue weighted by molar-refractivity contribution is 6.09. The van der Waals surface area contributed by atoms with Crippen LogP contribution in [0.3, 0.4) is 0 Å². The predicted molar refractivity (Wildman–Crippen MR) is 92.6 cm³/mol. The molecule has 1 heterocycles. The smallest absolute Gasteiger partial charge is 0.378 e. The Balaban J connectivity index is 1.82. The monoisotopic (exact) mass is 378 g/mol. The van der Waals surface area contributed by atoms with Gasteiger partial charge in [0.15, 0.2) is 0 Å². The van der Waals surface area contributed by atoms with E-state index in [9.17, 15) is 22.8 Å². The van der Waals surface area contributed by atoms with Gasteiger partial charge in [-0.1, -0.05) is 18.2 Å². The quantitative estimate of drug-likeness (QED) is 0.890. The highest BCUT2D eigenvalue weighted by Crippen LogP contribution is 2.29. The standard InChI is InChI=1S/C19H17F3N2O3/c20-19(21,22)14-5-3-4-13(12-14)17(25)23-16-7-2-1-6-15(16)18(26)24-8-10-27-11-9-24/h1-7,12H,8-11H2,(H,23,25). The Morgan fingerprint density at radius 3 is 2.41 bits per heavy atom. The summed E-state index contributed by atoms with van der Waals surface area (Å²) >= 11 is 0. The summed E-state index contributed by atoms with van der Waals surface area (Å²) in [6.45, 7) is 1.75. The zero-order chi connectivity index (χ0) is 19.4. The highest BCUT2D eigenvalue weighted by atomic mass is 19.4. The molecule has 142 valence electrons. The number of benzene rings is 2. The molecule has 1 aliphatic rings. The number of rotatable bonds is 3. The number of hydrogen-bond donors (Lipinski definition) is 1. The van der Waals surface area contributed by atoms with Gasteiger partial charge in [-0.3, -0.25) is 9.59 Å². The Labute approximate surface area is 153 Å². The largest absolute Gasteiger partial charge is 0.416 e. The summed E-state index contributed by atoms with van der Waals surface area (Å²) in [5, 5.41) is 2.54. The molecule has 2 amide bonds. The van der Waals surface area contributed by atoms with E-state index >= 15 is 0 Å². The maximum absolute atomic E-state index is 12.8. The summed E-state index contributed by atoms with van der Waals surface area (Å²) < 4.78 is 43.7. The summed E-state index contributed by atoms with van der Waals surface area (Å²) in [4.78, 5) is 26.7. The molecule has 0 atom stereocenters. The van der Waals surface area contributed by atoms with Gasteiger partial charge in [-0.2, -0.15) is 13.2 Å². The van der Waals surface area contributed by atoms with E-state index in [1.165, 1.54) is 12.1 Å². The summed E-state index contributed by atoms with van der Waals surface area (Å²) in [5.74, 6) is -0.985. The number of ether oxygens (including phenoxy) is 1. The number of anilines is 1. The van der Waals surface area contributed by atoms with E-state index in [4.69, 9.17) is 4.74 Å². The first-order chi connectivity index (χ1) is 12.9. The predicted octanol–water partition coefficient (Wildman–Crippen LogP) is 3.43. The number of nitrogens with one attached hydrogen (secondary N) is 1. The Hall–Kier alpha value is -2.87. The number of amides is 2. The summed E-state index contributed by atoms with van der Waals surface area (Å²) in [7, 11) is 0. The second kappa shape index (κ2) is 7.79. The van der Waals surface area contributed by atoms with Crippen molar-refractivity contribution < 1.29 is 27.5 Å². The van der Waals surface area contributed by atoms with E-state index in [2.05, 4.69) is 5.32 Å². The van der Waals surface area contributed by atoms with Crippen molar-refractivity contribution in [2.24, 2.45) is 0 Å². The van der Waals surface area contributed by atoms with Crippen molar-refractivity contribution in [1.29, 1.82) is 0 Å². The fraction of sp³-hybridized carbons (Fsp3) is 0.263. The second-order valence-corrected chi connectivity index (χ2v) is 5.98. The Bertz CT molecular complexity index is 846. The normalized spacial score (nSPS) is 14.7. The molecule has 0 unspecified atom stereocenters. The lowest BCUT2D eigenvalue weighted by atomic mass is 10.1. The Morgan fingerprint density at radius 2 is 1.70 bits per heavy atom. The third-order valence-electron chi connectivity index (χ3n) is 4.16. The van der Waals surface area contributed by atoms with Crippen molar-refractivity contribution in [2.45, 2.75) is 6.18 Å². The van der Waals surface area contributed by atoms with E-state index in [0.29, 0.717) is 26.3 Å². The maximum atomic E-state index is 12.8. The molecule has 0 radical (unpaired) electrons. The van der Waals surface area contributed by atoms with Crippen molar-refractivity contribution in [3.05, 3.63) is 65.2 Å². The van der Waals surface area contributed by atoms with Crippen LogP contribution in [0.5, 0.6) is 0 Å². The number of para-hydroxylation sites is 1. The zero-order valence-electron chi connectivity index (χ0n) is 14.3. The van der Waals surface area contributed by atoms with Crippen LogP contribution < -0.4 is 5.32 Å². The van der Waals surface area contributed by atoms with Gasteiger partial charge in [0, 0.05) is 18.7 Å². The Morgan fingerprint density at radius 1 is 1.00 bits per heavy atom. The lowest BCUT2D eigenvalue weighted by Crippen LogP contribution is -2.41. The number of carbonyl (C=O) groups is 2. The number of hydrogen-bond acceptors (Lipinski definition) is 3. The average molecular weight is 378 g/mol. The molecule has 0 spiro atoms. The molecule has 1 aliphatic heterocycles. The van der Waals surface area contributed by atoms with Crippen LogP contribution >= 0.6 is 0 Å². The first-order valence-electron chi connectivity index (χ1n) is 8.31. The molecule has 2 aromatic carbocycles. The minimum absolute atomic E-state index is 0.140. The summed E-state index contributed by atoms with van der Waals surface area (Å²) in [6.07, 6.45) is -4.54. The van der Waals surface area contributed by atoms with Crippen LogP contribution in [-0.2, 0) is 10.9 Å². The van der Waals surface area contributed by atoms with E-state index in [1.807, 2.05) is 0 Å². The molecule has 1 saturated heterocycles. The molecular weight excluding hydrogens is 361 g/mol. The topological polar surface area (TPSA) is 58.6 Å². The number of morpholine rings is 1. The summed E-state index contributed by atoms with van der Waals surface area (Å²) in [5.41, 5.74) is -0.526. The molecular formula is C19H17F3N2O3. The molecule has 5 nitrogen and oxygen atoms in total. The van der Waals surface area contributed by atoms with Crippen LogP contribution in [0.1, 0.15) is 26.3 Å². The van der Waals surface area contributed by atoms with E-state index in [-0.39, 0.29) is 22.7 Å². The van der Waals surface area contributed by atoms with Crippen LogP contribution in [0.2, 0.25) is 0 Å². The van der Waals surface area contributed by atoms with Crippen molar-refractivity contribution >= 4 is 17.5 Å². The minimum atomic E-state index is -4.54. The van der Waals surface area contributed by atoms with Crippen LogP contribution in [0, 0.1) is 0 Å². The highest BCUT2D eigenvalue weighted by Gasteiger charge is 2.31. The van der Waals surface area contributed by atoms with E-state index in [0.717, 1.165) is 12.1 Å². The van der Waals surface area contributed by atoms with Crippen molar-refractivity contribution in [3.63, 3.8) is 0 Å². The maximum Gasteiger partial charge on any atom is 0.416 e. The van der Waals surface area contributed by atoms with E-state index < -0.39 is 17.6 Å². The minimum Gasteiger partial charge on any atom is -0.378 e. The molecule has 8 heteroatoms. The molecule has 0 saturated carbocycles. The molecule has 2 aromatic rings. The fourth-order valence-corrected chi connectivity index (χ4v) is 2.75. The van der Waals surface area contributed by atoms with Crippen LogP contribution in [0.25, 0.3) is 0 Å². The first-order valence-corrected chi connectivity index (χ1v) is 8.31. The lowest BCUT2D eigenvalue weighted by molar-refractivity contribution is -0.137. The van der Waals surface area contributed by atoms with Crippen LogP contribution in [0.4, 0.5) is 18.9 Å². The SMILES string of the molecule is O=C(Nc1ccccc1C(=O)N1CCOCC1)c1cccc(C(F)(F)F)c1. The number of nitrogens with zero attached hydrogens (tertiary/aromatic N) is 1. The zero-order valence-corrected chi connectivity index (χ0v) is 14.3. The molecule has 0 aromatic heterocycles. The van der Waals surface area contributed by atoms with Crippen molar-refractivity contribution in [1.82, 2.24) is 4.90 Å². The van der Waals surface area contributed by atoms with Crippen LogP contribution in [-0.4, -0.2) is 43.0 Å². The third-order valence-corrected chi connectivity index (χ3v) is 4.16. The number of halogens is 3. The number of carbonyl (C=O) groups excluding carboxylic acids is 2. The average Bonchev–Trinajstić information content (AvgIpc) is 2.68. The van der Waals surface area contributed by atoms with Gasteiger partial charge in [-0.15, -0.1) is 0 Å². The van der Waals surface area contributed by atoms with Gasteiger partial charge in [-0.05, 0) is 30.3 Å². The van der Waals surface area contributed by atoms with E-state index in [1.54, 1.807) is 29.2 Å². The molecule has 0 aliphatic carbocycles. The molecule has 0 bridgehead atoms. The molecule has 1 fully saturated rings. The van der Waals surface area contributed by atoms with Crippen molar-refractivity contribution in [2.75, 3.05) is 31.6 Å². The van der Waals surface area contributed by atoms with Gasteiger partial charge in [0.05, 0.1) is 30.0 Å². The van der Waals surface area contributed by atoms with Gasteiger partial charge >= 0.3 is 6.18 Å². The first kappa shape index (κ1) is 18.9. The number of alkyl halides is 3. The van der Waals surface area contributed by atoms with Crippen LogP contribution in [0.15, 0.2) is 48.5 Å². The summed E-state index contributed by atoms with van der Waals surface area (Å²) in [6, 6.07) is 10.5. The molecule has 3 rings (SSSR count). The molecule has 27 heavy (non-hydrogen) atoms. The van der Waals surface area contributed by atoms with Gasteiger partial charge in [0.2, 0.25) is 0 Å². The van der Waals surface area contributed by atoms with Gasteiger partial charge in [0.25, 0.3) is 11.8 Å². The fourth-order valence-electron chi connectivity index (χ4n) is 2.75. The lowest BCUT2D eigenvalue weighted by Gasteiger charge is -2.27. The van der Waals surface area contributed by atoms with Crippen molar-refractivity contribution in [3.8, 4) is 0 Å².